The van der Waals surface area contributed by atoms with Crippen molar-refractivity contribution in [2.45, 2.75) is 19.8 Å². The Morgan fingerprint density at radius 3 is 1.67 bits per heavy atom. The van der Waals surface area contributed by atoms with Crippen LogP contribution in [0.25, 0.3) is 0 Å². The van der Waals surface area contributed by atoms with Crippen LogP contribution in [0.2, 0.25) is 0 Å². The molecule has 0 aliphatic rings. The van der Waals surface area contributed by atoms with E-state index < -0.39 is 0 Å². The van der Waals surface area contributed by atoms with E-state index in [9.17, 15) is 0 Å². The summed E-state index contributed by atoms with van der Waals surface area (Å²) >= 11 is 0. The minimum absolute atomic E-state index is 0. The molecule has 0 fully saturated rings. The summed E-state index contributed by atoms with van der Waals surface area (Å²) in [5.41, 5.74) is 0. The summed E-state index contributed by atoms with van der Waals surface area (Å²) in [7, 11) is 0. The van der Waals surface area contributed by atoms with Gasteiger partial charge in [-0.1, -0.05) is 26.7 Å². The average molecular weight is 158 g/mol. The molecule has 0 aromatic rings. The number of hydrogen-bond donors (Lipinski definition) is 0. The summed E-state index contributed by atoms with van der Waals surface area (Å²) < 4.78 is 0. The van der Waals surface area contributed by atoms with Gasteiger partial charge in [0.1, 0.15) is 0 Å². The van der Waals surface area contributed by atoms with Crippen molar-refractivity contribution in [3.8, 4) is 0 Å². The zero-order valence-corrected chi connectivity index (χ0v) is 7.93. The van der Waals surface area contributed by atoms with Gasteiger partial charge < -0.3 is 12.4 Å². The van der Waals surface area contributed by atoms with Crippen molar-refractivity contribution >= 4 is 0 Å². The van der Waals surface area contributed by atoms with Crippen LogP contribution in [0.5, 0.6) is 0 Å². The third-order valence-electron chi connectivity index (χ3n) is 0.354. The van der Waals surface area contributed by atoms with E-state index in [0.29, 0.717) is 0 Å². The molecule has 0 atom stereocenters. The van der Waals surface area contributed by atoms with Crippen LogP contribution in [0.1, 0.15) is 19.8 Å². The molecule has 0 amide bonds. The Bertz CT molecular complexity index is 9.51. The van der Waals surface area contributed by atoms with Crippen molar-refractivity contribution in [1.29, 1.82) is 0 Å². The van der Waals surface area contributed by atoms with Gasteiger partial charge in [-0.3, -0.25) is 0 Å². The maximum atomic E-state index is 3.60. The van der Waals surface area contributed by atoms with Crippen LogP contribution in [0.15, 0.2) is 0 Å². The zero-order chi connectivity index (χ0) is 3.41. The fourth-order valence-corrected chi connectivity index (χ4v) is 0. The molecule has 6 heavy (non-hydrogen) atoms. The minimum atomic E-state index is 0. The SMILES string of the molecule is [CH2]CCC.[Cl-].[Zn]. The molecule has 0 heterocycles. The molecule has 0 saturated carbocycles. The van der Waals surface area contributed by atoms with E-state index in [1.54, 1.807) is 0 Å². The summed E-state index contributed by atoms with van der Waals surface area (Å²) in [6.45, 7) is 5.72. The van der Waals surface area contributed by atoms with Crippen LogP contribution in [-0.4, -0.2) is 0 Å². The molecular weight excluding hydrogens is 149 g/mol. The van der Waals surface area contributed by atoms with Crippen molar-refractivity contribution in [3.63, 3.8) is 0 Å². The molecular formula is C4H9ClZn-. The Kier molecular flexibility index (Phi) is 44.2. The van der Waals surface area contributed by atoms with Gasteiger partial charge in [-0.2, -0.15) is 0 Å². The van der Waals surface area contributed by atoms with E-state index in [1.807, 2.05) is 0 Å². The third-order valence-corrected chi connectivity index (χ3v) is 0.354. The Morgan fingerprint density at radius 1 is 1.50 bits per heavy atom. The number of rotatable bonds is 1. The zero-order valence-electron chi connectivity index (χ0n) is 4.21. The molecule has 2 heteroatoms. The van der Waals surface area contributed by atoms with Gasteiger partial charge in [-0.15, -0.1) is 0 Å². The van der Waals surface area contributed by atoms with Crippen LogP contribution >= 0.6 is 0 Å². The molecule has 0 aromatic carbocycles. The molecule has 0 unspecified atom stereocenters. The van der Waals surface area contributed by atoms with Gasteiger partial charge >= 0.3 is 0 Å². The molecule has 0 spiro atoms. The topological polar surface area (TPSA) is 0 Å². The summed E-state index contributed by atoms with van der Waals surface area (Å²) in [6, 6.07) is 0. The van der Waals surface area contributed by atoms with E-state index in [2.05, 4.69) is 13.8 Å². The van der Waals surface area contributed by atoms with E-state index in [0.717, 1.165) is 6.42 Å². The van der Waals surface area contributed by atoms with Crippen LogP contribution in [0.4, 0.5) is 0 Å². The molecule has 1 radical (unpaired) electrons. The molecule has 0 aromatic heterocycles. The second-order valence-electron chi connectivity index (χ2n) is 0.854. The third kappa shape index (κ3) is 20.6. The maximum Gasteiger partial charge on any atom is 0 e. The van der Waals surface area contributed by atoms with Crippen molar-refractivity contribution < 1.29 is 31.9 Å². The first-order chi connectivity index (χ1) is 1.91. The van der Waals surface area contributed by atoms with Gasteiger partial charge in [0.25, 0.3) is 0 Å². The van der Waals surface area contributed by atoms with Crippen molar-refractivity contribution in [2.24, 2.45) is 0 Å². The Balaban J connectivity index is -0.0000000450. The molecule has 0 rings (SSSR count). The predicted molar refractivity (Wildman–Crippen MR) is 20.3 cm³/mol. The van der Waals surface area contributed by atoms with Crippen molar-refractivity contribution in [2.75, 3.05) is 0 Å². The summed E-state index contributed by atoms with van der Waals surface area (Å²) in [5, 5.41) is 0. The number of halogens is 1. The fourth-order valence-electron chi connectivity index (χ4n) is 0. The normalized spacial score (nSPS) is 5.00. The van der Waals surface area contributed by atoms with E-state index in [1.165, 1.54) is 6.42 Å². The summed E-state index contributed by atoms with van der Waals surface area (Å²) in [4.78, 5) is 0. The van der Waals surface area contributed by atoms with E-state index in [4.69, 9.17) is 0 Å². The first-order valence-corrected chi connectivity index (χ1v) is 1.71. The van der Waals surface area contributed by atoms with Gasteiger partial charge in [0.2, 0.25) is 0 Å². The first-order valence-electron chi connectivity index (χ1n) is 1.71. The van der Waals surface area contributed by atoms with Crippen LogP contribution in [0.3, 0.4) is 0 Å². The van der Waals surface area contributed by atoms with Gasteiger partial charge in [0, 0.05) is 19.5 Å². The molecule has 0 bridgehead atoms. The molecule has 0 aliphatic carbocycles. The molecule has 0 saturated heterocycles. The second-order valence-corrected chi connectivity index (χ2v) is 0.854. The van der Waals surface area contributed by atoms with Crippen LogP contribution in [-0.2, 0) is 19.5 Å². The fraction of sp³-hybridized carbons (Fsp3) is 0.750. The van der Waals surface area contributed by atoms with Crippen LogP contribution in [0, 0.1) is 6.92 Å². The molecule has 0 aliphatic heterocycles. The largest absolute Gasteiger partial charge is 1.00 e. The maximum absolute atomic E-state index is 3.60. The predicted octanol–water partition coefficient (Wildman–Crippen LogP) is -1.38. The number of hydrogen-bond acceptors (Lipinski definition) is 0. The van der Waals surface area contributed by atoms with Gasteiger partial charge in [-0.25, -0.2) is 0 Å². The summed E-state index contributed by atoms with van der Waals surface area (Å²) in [6.07, 6.45) is 2.28. The van der Waals surface area contributed by atoms with E-state index in [-0.39, 0.29) is 31.9 Å². The monoisotopic (exact) mass is 156 g/mol. The first kappa shape index (κ1) is 15.8. The summed E-state index contributed by atoms with van der Waals surface area (Å²) in [5.74, 6) is 0. The van der Waals surface area contributed by atoms with Crippen molar-refractivity contribution in [3.05, 3.63) is 6.92 Å². The quantitative estimate of drug-likeness (QED) is 0.412. The number of unbranched alkanes of at least 4 members (excludes halogenated alkanes) is 1. The Labute approximate surface area is 58.9 Å². The average Bonchev–Trinajstić information content (AvgIpc) is 1.37. The Morgan fingerprint density at radius 2 is 1.67 bits per heavy atom. The minimum Gasteiger partial charge on any atom is -1.00 e. The van der Waals surface area contributed by atoms with Crippen LogP contribution < -0.4 is 12.4 Å². The van der Waals surface area contributed by atoms with Gasteiger partial charge in [0.15, 0.2) is 0 Å². The molecule has 35 valence electrons. The molecule has 0 nitrogen and oxygen atoms in total. The second kappa shape index (κ2) is 16.8. The molecule has 0 N–H and O–H groups in total. The smallest absolute Gasteiger partial charge is 0 e. The van der Waals surface area contributed by atoms with Gasteiger partial charge in [-0.05, 0) is 0 Å². The Hall–Kier alpha value is 0.913. The van der Waals surface area contributed by atoms with Crippen molar-refractivity contribution in [1.82, 2.24) is 0 Å². The van der Waals surface area contributed by atoms with E-state index >= 15 is 0 Å². The standard InChI is InChI=1S/C4H9.ClH.Zn/c1-3-4-2;;/h1,3-4H2,2H3;1H;/p-1. The van der Waals surface area contributed by atoms with Gasteiger partial charge in [0.05, 0.1) is 0 Å².